The van der Waals surface area contributed by atoms with E-state index >= 15 is 0 Å². The number of thioether (sulfide) groups is 1. The third-order valence-corrected chi connectivity index (χ3v) is 7.31. The maximum Gasteiger partial charge on any atom is 0.227 e. The van der Waals surface area contributed by atoms with E-state index in [1.54, 1.807) is 17.7 Å². The number of nitrogens with zero attached hydrogens (tertiary/aromatic N) is 3. The first kappa shape index (κ1) is 17.6. The molecule has 4 aromatic rings. The predicted molar refractivity (Wildman–Crippen MR) is 115 cm³/mol. The van der Waals surface area contributed by atoms with Crippen molar-refractivity contribution in [3.05, 3.63) is 47.8 Å². The number of primary amides is 1. The Bertz CT molecular complexity index is 1200. The van der Waals surface area contributed by atoms with Crippen molar-refractivity contribution in [3.8, 4) is 11.3 Å². The van der Waals surface area contributed by atoms with E-state index in [0.29, 0.717) is 0 Å². The zero-order chi connectivity index (χ0) is 19.1. The van der Waals surface area contributed by atoms with Crippen molar-refractivity contribution in [2.45, 2.75) is 30.7 Å². The van der Waals surface area contributed by atoms with Crippen LogP contribution in [0.2, 0.25) is 0 Å². The summed E-state index contributed by atoms with van der Waals surface area (Å²) in [5.74, 6) is -0.138. The molecule has 3 heterocycles. The molecule has 0 spiro atoms. The van der Waals surface area contributed by atoms with Gasteiger partial charge in [-0.05, 0) is 36.8 Å². The average molecular weight is 407 g/mol. The number of amides is 1. The Hall–Kier alpha value is -2.51. The molecule has 28 heavy (non-hydrogen) atoms. The van der Waals surface area contributed by atoms with E-state index in [1.807, 2.05) is 6.07 Å². The van der Waals surface area contributed by atoms with Gasteiger partial charge in [-0.2, -0.15) is 0 Å². The molecule has 0 saturated heterocycles. The minimum Gasteiger partial charge on any atom is -0.369 e. The van der Waals surface area contributed by atoms with E-state index in [2.05, 4.69) is 34.2 Å². The molecular formula is C21H18N4OS2. The number of benzene rings is 1. The number of carbonyl (C=O) groups excluding carboxylic acids is 1. The van der Waals surface area contributed by atoms with Crippen LogP contribution in [0.15, 0.2) is 41.7 Å². The minimum absolute atomic E-state index is 0.209. The highest BCUT2D eigenvalue weighted by atomic mass is 32.2. The molecule has 5 nitrogen and oxygen atoms in total. The van der Waals surface area contributed by atoms with Crippen molar-refractivity contribution in [1.29, 1.82) is 0 Å². The molecule has 1 aliphatic rings. The van der Waals surface area contributed by atoms with Gasteiger partial charge in [0, 0.05) is 10.9 Å². The van der Waals surface area contributed by atoms with Crippen LogP contribution in [0.25, 0.3) is 31.7 Å². The molecule has 0 radical (unpaired) electrons. The number of aromatic nitrogens is 3. The summed E-state index contributed by atoms with van der Waals surface area (Å²) in [5, 5.41) is 1.97. The number of pyridine rings is 1. The average Bonchev–Trinajstić information content (AvgIpc) is 3.11. The molecule has 5 rings (SSSR count). The number of hydrogen-bond donors (Lipinski definition) is 1. The number of nitrogens with two attached hydrogens (primary N) is 1. The second-order valence-corrected chi connectivity index (χ2v) is 8.85. The van der Waals surface area contributed by atoms with E-state index < -0.39 is 0 Å². The minimum atomic E-state index is -0.347. The Labute approximate surface area is 170 Å². The molecule has 0 atom stereocenters. The van der Waals surface area contributed by atoms with Crippen LogP contribution in [0.4, 0.5) is 0 Å². The van der Waals surface area contributed by atoms with Crippen LogP contribution in [-0.4, -0.2) is 26.6 Å². The highest BCUT2D eigenvalue weighted by Crippen LogP contribution is 2.43. The molecule has 0 saturated carbocycles. The van der Waals surface area contributed by atoms with Crippen LogP contribution in [-0.2, 0) is 17.6 Å². The Morgan fingerprint density at radius 2 is 1.89 bits per heavy atom. The number of fused-ring (bicyclic) bond motifs is 5. The van der Waals surface area contributed by atoms with Crippen molar-refractivity contribution >= 4 is 49.4 Å². The van der Waals surface area contributed by atoms with Crippen molar-refractivity contribution < 1.29 is 4.79 Å². The largest absolute Gasteiger partial charge is 0.369 e. The lowest BCUT2D eigenvalue weighted by molar-refractivity contribution is -0.115. The van der Waals surface area contributed by atoms with Gasteiger partial charge in [-0.1, -0.05) is 42.1 Å². The van der Waals surface area contributed by atoms with Crippen molar-refractivity contribution in [2.24, 2.45) is 5.73 Å². The zero-order valence-electron chi connectivity index (χ0n) is 15.1. The first-order valence-corrected chi connectivity index (χ1v) is 11.1. The maximum absolute atomic E-state index is 11.2. The first-order valence-electron chi connectivity index (χ1n) is 9.28. The lowest BCUT2D eigenvalue weighted by atomic mass is 9.87. The van der Waals surface area contributed by atoms with Crippen LogP contribution in [0, 0.1) is 0 Å². The number of hydrogen-bond acceptors (Lipinski definition) is 6. The van der Waals surface area contributed by atoms with E-state index in [1.165, 1.54) is 35.7 Å². The SMILES string of the molecule is NC(=O)CSc1ncnc2c1sc1nc(-c3ccccc3)c3c(c12)CCCC3. The number of carbonyl (C=O) groups is 1. The number of aryl methyl sites for hydroxylation is 1. The van der Waals surface area contributed by atoms with Gasteiger partial charge in [-0.3, -0.25) is 4.79 Å². The third kappa shape index (κ3) is 2.95. The lowest BCUT2D eigenvalue weighted by Gasteiger charge is -2.20. The second-order valence-electron chi connectivity index (χ2n) is 6.88. The summed E-state index contributed by atoms with van der Waals surface area (Å²) in [5.41, 5.74) is 11.3. The van der Waals surface area contributed by atoms with E-state index in [0.717, 1.165) is 49.6 Å². The fourth-order valence-corrected chi connectivity index (χ4v) is 5.89. The topological polar surface area (TPSA) is 81.8 Å². The van der Waals surface area contributed by atoms with Gasteiger partial charge >= 0.3 is 0 Å². The predicted octanol–water partition coefficient (Wildman–Crippen LogP) is 4.36. The molecular weight excluding hydrogens is 388 g/mol. The summed E-state index contributed by atoms with van der Waals surface area (Å²) in [6.07, 6.45) is 6.06. The number of rotatable bonds is 4. The number of thiophene rings is 1. The van der Waals surface area contributed by atoms with Crippen LogP contribution >= 0.6 is 23.1 Å². The summed E-state index contributed by atoms with van der Waals surface area (Å²) in [7, 11) is 0. The lowest BCUT2D eigenvalue weighted by Crippen LogP contribution is -2.13. The molecule has 0 aliphatic heterocycles. The fraction of sp³-hybridized carbons (Fsp3) is 0.238. The summed E-state index contributed by atoms with van der Waals surface area (Å²) >= 11 is 2.98. The van der Waals surface area contributed by atoms with Gasteiger partial charge < -0.3 is 5.73 Å². The Balaban J connectivity index is 1.78. The van der Waals surface area contributed by atoms with Gasteiger partial charge in [-0.25, -0.2) is 15.0 Å². The highest BCUT2D eigenvalue weighted by Gasteiger charge is 2.23. The van der Waals surface area contributed by atoms with Crippen molar-refractivity contribution in [2.75, 3.05) is 5.75 Å². The Morgan fingerprint density at radius 3 is 2.68 bits per heavy atom. The van der Waals surface area contributed by atoms with E-state index in [4.69, 9.17) is 10.7 Å². The zero-order valence-corrected chi connectivity index (χ0v) is 16.8. The van der Waals surface area contributed by atoms with E-state index in [-0.39, 0.29) is 11.7 Å². The van der Waals surface area contributed by atoms with Gasteiger partial charge in [0.1, 0.15) is 16.2 Å². The van der Waals surface area contributed by atoms with Crippen LogP contribution in [0.5, 0.6) is 0 Å². The molecule has 0 unspecified atom stereocenters. The fourth-order valence-electron chi connectivity index (χ4n) is 3.92. The molecule has 7 heteroatoms. The quantitative estimate of drug-likeness (QED) is 0.402. The Kier molecular flexibility index (Phi) is 4.49. The molecule has 1 aromatic carbocycles. The molecule has 3 aromatic heterocycles. The first-order chi connectivity index (χ1) is 13.7. The Morgan fingerprint density at radius 1 is 1.11 bits per heavy atom. The van der Waals surface area contributed by atoms with Gasteiger partial charge in [0.05, 0.1) is 21.7 Å². The van der Waals surface area contributed by atoms with Crippen molar-refractivity contribution in [3.63, 3.8) is 0 Å². The van der Waals surface area contributed by atoms with Gasteiger partial charge in [0.2, 0.25) is 5.91 Å². The molecule has 2 N–H and O–H groups in total. The molecule has 1 amide bonds. The monoisotopic (exact) mass is 406 g/mol. The highest BCUT2D eigenvalue weighted by molar-refractivity contribution is 8.00. The van der Waals surface area contributed by atoms with Crippen LogP contribution in [0.3, 0.4) is 0 Å². The van der Waals surface area contributed by atoms with Gasteiger partial charge in [-0.15, -0.1) is 11.3 Å². The normalized spacial score (nSPS) is 13.7. The maximum atomic E-state index is 11.2. The van der Waals surface area contributed by atoms with Crippen molar-refractivity contribution in [1.82, 2.24) is 15.0 Å². The van der Waals surface area contributed by atoms with Gasteiger partial charge in [0.25, 0.3) is 0 Å². The van der Waals surface area contributed by atoms with Crippen LogP contribution in [0.1, 0.15) is 24.0 Å². The summed E-state index contributed by atoms with van der Waals surface area (Å²) in [6.45, 7) is 0. The molecule has 1 aliphatic carbocycles. The second kappa shape index (κ2) is 7.14. The smallest absolute Gasteiger partial charge is 0.227 e. The summed E-state index contributed by atoms with van der Waals surface area (Å²) in [4.78, 5) is 26.3. The van der Waals surface area contributed by atoms with Crippen LogP contribution < -0.4 is 5.73 Å². The van der Waals surface area contributed by atoms with E-state index in [9.17, 15) is 4.79 Å². The standard InChI is InChI=1S/C21H18N4OS2/c22-15(26)10-27-21-19-18(23-11-24-21)16-13-8-4-5-9-14(13)17(25-20(16)28-19)12-6-2-1-3-7-12/h1-3,6-7,11H,4-5,8-10H2,(H2,22,26). The summed E-state index contributed by atoms with van der Waals surface area (Å²) < 4.78 is 0.995. The van der Waals surface area contributed by atoms with Gasteiger partial charge in [0.15, 0.2) is 0 Å². The third-order valence-electron chi connectivity index (χ3n) is 5.09. The molecule has 0 fully saturated rings. The molecule has 140 valence electrons. The molecule has 0 bridgehead atoms. The summed E-state index contributed by atoms with van der Waals surface area (Å²) in [6, 6.07) is 10.4.